The van der Waals surface area contributed by atoms with Gasteiger partial charge in [-0.15, -0.1) is 0 Å². The van der Waals surface area contributed by atoms with Gasteiger partial charge < -0.3 is 15.4 Å². The molecule has 0 aromatic carbocycles. The number of ether oxygens (including phenoxy) is 1. The summed E-state index contributed by atoms with van der Waals surface area (Å²) in [5, 5.41) is 5.49. The van der Waals surface area contributed by atoms with E-state index in [2.05, 4.69) is 44.6 Å². The van der Waals surface area contributed by atoms with Crippen LogP contribution in [0.15, 0.2) is 6.33 Å². The molecule has 2 N–H and O–H groups in total. The molecule has 3 unspecified atom stereocenters. The number of hydrogen-bond acceptors (Lipinski definition) is 6. The maximum atomic E-state index is 12.3. The van der Waals surface area contributed by atoms with Gasteiger partial charge in [0, 0.05) is 18.5 Å². The van der Waals surface area contributed by atoms with Gasteiger partial charge in [0.25, 0.3) is 0 Å². The van der Waals surface area contributed by atoms with Crippen LogP contribution in [0, 0.1) is 9.62 Å². The lowest BCUT2D eigenvalue weighted by atomic mass is 10.0. The van der Waals surface area contributed by atoms with Crippen molar-refractivity contribution in [1.29, 1.82) is 0 Å². The number of fused-ring (bicyclic) bond motifs is 3. The Balaban J connectivity index is 1.52. The molecule has 3 atom stereocenters. The molecule has 2 aromatic rings. The predicted octanol–water partition coefficient (Wildman–Crippen LogP) is 2.59. The first-order valence-corrected chi connectivity index (χ1v) is 9.75. The highest BCUT2D eigenvalue weighted by atomic mass is 127. The maximum Gasteiger partial charge on any atom is 0.410 e. The fourth-order valence-electron chi connectivity index (χ4n) is 4.02. The number of rotatable bonds is 4. The third-order valence-electron chi connectivity index (χ3n) is 5.25. The molecule has 0 radical (unpaired) electrons. The lowest BCUT2D eigenvalue weighted by Gasteiger charge is -2.31. The van der Waals surface area contributed by atoms with E-state index in [0.29, 0.717) is 18.3 Å². The quantitative estimate of drug-likeness (QED) is 0.561. The zero-order valence-corrected chi connectivity index (χ0v) is 16.2. The van der Waals surface area contributed by atoms with Crippen molar-refractivity contribution in [2.24, 2.45) is 5.92 Å². The Morgan fingerprint density at radius 1 is 1.44 bits per heavy atom. The summed E-state index contributed by atoms with van der Waals surface area (Å²) in [5.74, 6) is 0.837. The van der Waals surface area contributed by atoms with Gasteiger partial charge in [0.05, 0.1) is 18.0 Å². The van der Waals surface area contributed by atoms with Crippen LogP contribution in [-0.4, -0.2) is 49.9 Å². The minimum Gasteiger partial charge on any atom is -0.449 e. The van der Waals surface area contributed by atoms with Crippen molar-refractivity contribution in [1.82, 2.24) is 24.6 Å². The summed E-state index contributed by atoms with van der Waals surface area (Å²) in [7, 11) is 0. The topological polar surface area (TPSA) is 99.2 Å². The number of unbranched alkanes of at least 4 members (excludes halogenated alkanes) is 1. The second kappa shape index (κ2) is 6.58. The third kappa shape index (κ3) is 2.81. The van der Waals surface area contributed by atoms with Crippen LogP contribution in [0.3, 0.4) is 0 Å². The summed E-state index contributed by atoms with van der Waals surface area (Å²) in [4.78, 5) is 22.6. The van der Waals surface area contributed by atoms with E-state index in [4.69, 9.17) is 10.5 Å². The molecular formula is C16H21IN6O2. The van der Waals surface area contributed by atoms with Gasteiger partial charge >= 0.3 is 6.09 Å². The molecule has 9 heteroatoms. The number of likely N-dealkylation sites (tertiary alicyclic amines) is 1. The number of carbonyl (C=O) groups is 1. The number of amides is 1. The number of nitrogen functional groups attached to an aromatic ring is 1. The van der Waals surface area contributed by atoms with E-state index < -0.39 is 0 Å². The van der Waals surface area contributed by atoms with Gasteiger partial charge in [-0.3, -0.25) is 0 Å². The Labute approximate surface area is 159 Å². The van der Waals surface area contributed by atoms with Gasteiger partial charge in [0.2, 0.25) is 0 Å². The molecule has 1 saturated carbocycles. The van der Waals surface area contributed by atoms with Crippen molar-refractivity contribution in [3.05, 3.63) is 10.0 Å². The molecule has 8 nitrogen and oxygen atoms in total. The Hall–Kier alpha value is -1.65. The number of carbonyl (C=O) groups excluding carboxylic acids is 1. The average molecular weight is 456 g/mol. The molecule has 134 valence electrons. The van der Waals surface area contributed by atoms with Crippen LogP contribution < -0.4 is 5.73 Å². The smallest absolute Gasteiger partial charge is 0.410 e. The van der Waals surface area contributed by atoms with Crippen molar-refractivity contribution in [2.75, 3.05) is 18.9 Å². The zero-order valence-electron chi connectivity index (χ0n) is 14.1. The Kier molecular flexibility index (Phi) is 4.42. The molecule has 2 aliphatic rings. The first kappa shape index (κ1) is 16.8. The first-order valence-electron chi connectivity index (χ1n) is 8.67. The number of aromatic nitrogens is 4. The Morgan fingerprint density at radius 3 is 3.00 bits per heavy atom. The first-order chi connectivity index (χ1) is 12.1. The van der Waals surface area contributed by atoms with Crippen molar-refractivity contribution in [3.63, 3.8) is 0 Å². The van der Waals surface area contributed by atoms with Gasteiger partial charge in [-0.05, 0) is 41.9 Å². The summed E-state index contributed by atoms with van der Waals surface area (Å²) in [6.45, 7) is 3.31. The van der Waals surface area contributed by atoms with Crippen molar-refractivity contribution >= 4 is 45.5 Å². The summed E-state index contributed by atoms with van der Waals surface area (Å²) in [6, 6.07) is 0.463. The van der Waals surface area contributed by atoms with Crippen LogP contribution in [0.1, 0.15) is 38.6 Å². The summed E-state index contributed by atoms with van der Waals surface area (Å²) >= 11 is 2.18. The monoisotopic (exact) mass is 456 g/mol. The van der Waals surface area contributed by atoms with Crippen LogP contribution in [0.5, 0.6) is 0 Å². The highest BCUT2D eigenvalue weighted by Gasteiger charge is 2.48. The number of hydrogen-bond donors (Lipinski definition) is 1. The van der Waals surface area contributed by atoms with Crippen LogP contribution >= 0.6 is 22.6 Å². The average Bonchev–Trinajstić information content (AvgIpc) is 3.28. The molecular weight excluding hydrogens is 435 g/mol. The predicted molar refractivity (Wildman–Crippen MR) is 101 cm³/mol. The van der Waals surface area contributed by atoms with E-state index in [1.807, 2.05) is 9.58 Å². The number of nitrogens with two attached hydrogens (primary N) is 1. The fraction of sp³-hybridized carbons (Fsp3) is 0.625. The maximum absolute atomic E-state index is 12.3. The summed E-state index contributed by atoms with van der Waals surface area (Å²) in [6.07, 6.45) is 5.12. The van der Waals surface area contributed by atoms with E-state index in [1.54, 1.807) is 0 Å². The van der Waals surface area contributed by atoms with Gasteiger partial charge in [-0.1, -0.05) is 13.3 Å². The van der Waals surface area contributed by atoms with Gasteiger partial charge in [0.15, 0.2) is 5.65 Å². The van der Waals surface area contributed by atoms with Gasteiger partial charge in [-0.25, -0.2) is 19.4 Å². The molecule has 0 spiro atoms. The SMILES string of the molecule is CCCCOC(=O)N1CC2CC1CC2n1nc(I)c2c(N)ncnc21. The Bertz CT molecular complexity index is 809. The van der Waals surface area contributed by atoms with E-state index >= 15 is 0 Å². The normalized spacial score (nSPS) is 25.0. The van der Waals surface area contributed by atoms with Crippen molar-refractivity contribution < 1.29 is 9.53 Å². The fourth-order valence-corrected chi connectivity index (χ4v) is 4.77. The summed E-state index contributed by atoms with van der Waals surface area (Å²) < 4.78 is 8.19. The van der Waals surface area contributed by atoms with E-state index in [1.165, 1.54) is 6.33 Å². The van der Waals surface area contributed by atoms with Crippen LogP contribution in [0.4, 0.5) is 10.6 Å². The van der Waals surface area contributed by atoms with Gasteiger partial charge in [-0.2, -0.15) is 5.10 Å². The molecule has 3 heterocycles. The van der Waals surface area contributed by atoms with Crippen LogP contribution in [0.25, 0.3) is 11.0 Å². The number of anilines is 1. The van der Waals surface area contributed by atoms with E-state index in [9.17, 15) is 4.79 Å². The highest BCUT2D eigenvalue weighted by molar-refractivity contribution is 14.1. The minimum atomic E-state index is -0.175. The highest BCUT2D eigenvalue weighted by Crippen LogP contribution is 2.46. The molecule has 1 saturated heterocycles. The van der Waals surface area contributed by atoms with Gasteiger partial charge in [0.1, 0.15) is 15.8 Å². The zero-order chi connectivity index (χ0) is 17.6. The molecule has 1 aliphatic heterocycles. The number of piperidine rings is 1. The second-order valence-electron chi connectivity index (χ2n) is 6.77. The molecule has 1 amide bonds. The van der Waals surface area contributed by atoms with E-state index in [0.717, 1.165) is 47.0 Å². The largest absolute Gasteiger partial charge is 0.449 e. The summed E-state index contributed by atoms with van der Waals surface area (Å²) in [5.41, 5.74) is 6.77. The standard InChI is InChI=1S/C16H21IN6O2/c1-2-3-4-25-16(24)22-7-9-5-10(22)6-11(9)23-15-12(13(17)21-23)14(18)19-8-20-15/h8-11H,2-7H2,1H3,(H2,18,19,20). The number of halogens is 1. The van der Waals surface area contributed by atoms with Crippen molar-refractivity contribution in [3.8, 4) is 0 Å². The molecule has 2 bridgehead atoms. The Morgan fingerprint density at radius 2 is 2.28 bits per heavy atom. The second-order valence-corrected chi connectivity index (χ2v) is 7.79. The molecule has 2 fully saturated rings. The van der Waals surface area contributed by atoms with Crippen LogP contribution in [0.2, 0.25) is 0 Å². The lowest BCUT2D eigenvalue weighted by molar-refractivity contribution is 0.0831. The van der Waals surface area contributed by atoms with Crippen LogP contribution in [-0.2, 0) is 4.74 Å². The minimum absolute atomic E-state index is 0.175. The number of nitrogens with zero attached hydrogens (tertiary/aromatic N) is 5. The lowest BCUT2D eigenvalue weighted by Crippen LogP contribution is -2.41. The van der Waals surface area contributed by atoms with E-state index in [-0.39, 0.29) is 18.2 Å². The molecule has 1 aliphatic carbocycles. The molecule has 4 rings (SSSR count). The molecule has 25 heavy (non-hydrogen) atoms. The third-order valence-corrected chi connectivity index (χ3v) is 6.01. The molecule has 2 aromatic heterocycles. The van der Waals surface area contributed by atoms with Crippen molar-refractivity contribution in [2.45, 2.75) is 44.7 Å².